The zero-order valence-corrected chi connectivity index (χ0v) is 13.7. The monoisotopic (exact) mass is 318 g/mol. The Kier molecular flexibility index (Phi) is 4.64. The van der Waals surface area contributed by atoms with E-state index in [1.807, 2.05) is 0 Å². The Labute approximate surface area is 135 Å². The van der Waals surface area contributed by atoms with E-state index in [-0.39, 0.29) is 5.92 Å². The number of carboxylic acid groups (broad SMARTS) is 1. The Morgan fingerprint density at radius 1 is 1.43 bits per heavy atom. The summed E-state index contributed by atoms with van der Waals surface area (Å²) in [6, 6.07) is 5.55. The van der Waals surface area contributed by atoms with Crippen LogP contribution in [-0.4, -0.2) is 33.9 Å². The minimum atomic E-state index is -0.977. The first-order valence-corrected chi connectivity index (χ1v) is 7.57. The molecule has 1 aromatic carbocycles. The number of nitrogens with one attached hydrogen (secondary N) is 1. The number of nitriles is 1. The summed E-state index contributed by atoms with van der Waals surface area (Å²) in [6.45, 7) is 7.10. The molecule has 1 aromatic rings. The molecule has 1 aliphatic heterocycles. The third-order valence-electron chi connectivity index (χ3n) is 4.17. The Morgan fingerprint density at radius 2 is 2.09 bits per heavy atom. The zero-order chi connectivity index (χ0) is 17.4. The van der Waals surface area contributed by atoms with Gasteiger partial charge in [0.2, 0.25) is 0 Å². The van der Waals surface area contributed by atoms with Gasteiger partial charge in [0, 0.05) is 5.56 Å². The van der Waals surface area contributed by atoms with E-state index in [9.17, 15) is 15.0 Å². The number of ether oxygens (including phenoxy) is 1. The second kappa shape index (κ2) is 6.19. The van der Waals surface area contributed by atoms with Crippen molar-refractivity contribution in [2.45, 2.75) is 51.5 Å². The maximum atomic E-state index is 11.5. The SMILES string of the molecule is CC(C)[C@H](N[C@@H]1c2cc(C#N)ccc2OC(C)(C)[C@H]1O)C(=O)O. The van der Waals surface area contributed by atoms with Gasteiger partial charge >= 0.3 is 5.97 Å². The highest BCUT2D eigenvalue weighted by molar-refractivity contribution is 5.74. The number of hydrogen-bond acceptors (Lipinski definition) is 5. The first kappa shape index (κ1) is 17.3. The number of fused-ring (bicyclic) bond motifs is 1. The van der Waals surface area contributed by atoms with Gasteiger partial charge in [-0.1, -0.05) is 13.8 Å². The summed E-state index contributed by atoms with van der Waals surface area (Å²) in [5.74, 6) is -0.590. The van der Waals surface area contributed by atoms with Crippen LogP contribution in [0, 0.1) is 17.2 Å². The predicted molar refractivity (Wildman–Crippen MR) is 84.0 cm³/mol. The second-order valence-corrected chi connectivity index (χ2v) is 6.72. The molecule has 0 unspecified atom stereocenters. The first-order valence-electron chi connectivity index (χ1n) is 7.57. The summed E-state index contributed by atoms with van der Waals surface area (Å²) in [5.41, 5.74) is 0.157. The highest BCUT2D eigenvalue weighted by atomic mass is 16.5. The van der Waals surface area contributed by atoms with Crippen molar-refractivity contribution in [1.82, 2.24) is 5.32 Å². The minimum Gasteiger partial charge on any atom is -0.485 e. The Morgan fingerprint density at radius 3 is 2.61 bits per heavy atom. The molecule has 6 heteroatoms. The van der Waals surface area contributed by atoms with E-state index >= 15 is 0 Å². The Bertz CT molecular complexity index is 648. The maximum absolute atomic E-state index is 11.5. The van der Waals surface area contributed by atoms with Gasteiger partial charge in [0.15, 0.2) is 0 Å². The molecule has 0 bridgehead atoms. The number of aliphatic carboxylic acids is 1. The molecule has 1 aliphatic rings. The zero-order valence-electron chi connectivity index (χ0n) is 13.7. The molecule has 0 saturated heterocycles. The molecule has 0 spiro atoms. The standard InChI is InChI=1S/C17H22N2O4/c1-9(2)13(16(21)22)19-14-11-7-10(8-18)5-6-12(11)23-17(3,4)15(14)20/h5-7,9,13-15,19-20H,1-4H3,(H,21,22)/t13-,14+,15-/m0/s1. The topological polar surface area (TPSA) is 103 Å². The molecule has 0 fully saturated rings. The van der Waals surface area contributed by atoms with E-state index in [1.54, 1.807) is 45.9 Å². The van der Waals surface area contributed by atoms with Crippen molar-refractivity contribution in [3.05, 3.63) is 29.3 Å². The third kappa shape index (κ3) is 3.31. The van der Waals surface area contributed by atoms with Crippen LogP contribution in [0.15, 0.2) is 18.2 Å². The Balaban J connectivity index is 2.48. The molecular weight excluding hydrogens is 296 g/mol. The molecule has 1 heterocycles. The highest BCUT2D eigenvalue weighted by Gasteiger charge is 2.44. The van der Waals surface area contributed by atoms with Gasteiger partial charge in [-0.2, -0.15) is 5.26 Å². The van der Waals surface area contributed by atoms with Crippen LogP contribution < -0.4 is 10.1 Å². The maximum Gasteiger partial charge on any atom is 0.320 e. The largest absolute Gasteiger partial charge is 0.485 e. The van der Waals surface area contributed by atoms with Crippen molar-refractivity contribution in [3.63, 3.8) is 0 Å². The van der Waals surface area contributed by atoms with Crippen LogP contribution >= 0.6 is 0 Å². The summed E-state index contributed by atoms with van der Waals surface area (Å²) >= 11 is 0. The van der Waals surface area contributed by atoms with E-state index in [0.29, 0.717) is 16.9 Å². The van der Waals surface area contributed by atoms with Gasteiger partial charge in [-0.25, -0.2) is 0 Å². The predicted octanol–water partition coefficient (Wildman–Crippen LogP) is 1.83. The van der Waals surface area contributed by atoms with Crippen molar-refractivity contribution in [3.8, 4) is 11.8 Å². The normalized spacial score (nSPS) is 23.5. The Hall–Kier alpha value is -2.10. The number of carbonyl (C=O) groups is 1. The van der Waals surface area contributed by atoms with Crippen LogP contribution in [0.3, 0.4) is 0 Å². The van der Waals surface area contributed by atoms with Gasteiger partial charge < -0.3 is 14.9 Å². The fourth-order valence-electron chi connectivity index (χ4n) is 2.79. The average molecular weight is 318 g/mol. The van der Waals surface area contributed by atoms with E-state index in [2.05, 4.69) is 11.4 Å². The lowest BCUT2D eigenvalue weighted by molar-refractivity contribution is -0.142. The molecule has 0 aliphatic carbocycles. The number of aliphatic hydroxyl groups excluding tert-OH is 1. The van der Waals surface area contributed by atoms with E-state index in [0.717, 1.165) is 0 Å². The quantitative estimate of drug-likeness (QED) is 0.782. The summed E-state index contributed by atoms with van der Waals surface area (Å²) in [7, 11) is 0. The van der Waals surface area contributed by atoms with Gasteiger partial charge in [0.1, 0.15) is 23.5 Å². The molecule has 2 rings (SSSR count). The van der Waals surface area contributed by atoms with Gasteiger partial charge in [-0.3, -0.25) is 10.1 Å². The molecule has 0 radical (unpaired) electrons. The molecular formula is C17H22N2O4. The lowest BCUT2D eigenvalue weighted by Crippen LogP contribution is -2.56. The van der Waals surface area contributed by atoms with E-state index in [4.69, 9.17) is 10.00 Å². The second-order valence-electron chi connectivity index (χ2n) is 6.72. The van der Waals surface area contributed by atoms with Gasteiger partial charge in [0.05, 0.1) is 17.7 Å². The van der Waals surface area contributed by atoms with Gasteiger partial charge in [0.25, 0.3) is 0 Å². The van der Waals surface area contributed by atoms with E-state index < -0.39 is 29.8 Å². The van der Waals surface area contributed by atoms with Crippen molar-refractivity contribution in [1.29, 1.82) is 5.26 Å². The molecule has 0 amide bonds. The average Bonchev–Trinajstić information content (AvgIpc) is 2.46. The summed E-state index contributed by atoms with van der Waals surface area (Å²) < 4.78 is 5.82. The van der Waals surface area contributed by atoms with Gasteiger partial charge in [-0.15, -0.1) is 0 Å². The molecule has 3 N–H and O–H groups in total. The van der Waals surface area contributed by atoms with Crippen LogP contribution in [0.5, 0.6) is 5.75 Å². The molecule has 124 valence electrons. The van der Waals surface area contributed by atoms with Crippen molar-refractivity contribution < 1.29 is 19.7 Å². The summed E-state index contributed by atoms with van der Waals surface area (Å²) in [6.07, 6.45) is -0.954. The van der Waals surface area contributed by atoms with Crippen molar-refractivity contribution in [2.75, 3.05) is 0 Å². The van der Waals surface area contributed by atoms with Crippen LogP contribution in [-0.2, 0) is 4.79 Å². The van der Waals surface area contributed by atoms with E-state index in [1.165, 1.54) is 0 Å². The fraction of sp³-hybridized carbons (Fsp3) is 0.529. The van der Waals surface area contributed by atoms with Crippen molar-refractivity contribution >= 4 is 5.97 Å². The number of carboxylic acids is 1. The van der Waals surface area contributed by atoms with Crippen LogP contribution in [0.2, 0.25) is 0 Å². The lowest BCUT2D eigenvalue weighted by Gasteiger charge is -2.43. The summed E-state index contributed by atoms with van der Waals surface area (Å²) in [5, 5.41) is 32.2. The molecule has 23 heavy (non-hydrogen) atoms. The van der Waals surface area contributed by atoms with Crippen LogP contribution in [0.25, 0.3) is 0 Å². The van der Waals surface area contributed by atoms with Crippen molar-refractivity contribution in [2.24, 2.45) is 5.92 Å². The lowest BCUT2D eigenvalue weighted by atomic mass is 9.85. The number of nitrogens with zero attached hydrogens (tertiary/aromatic N) is 1. The fourth-order valence-corrected chi connectivity index (χ4v) is 2.79. The number of hydrogen-bond donors (Lipinski definition) is 3. The number of rotatable bonds is 4. The number of aliphatic hydroxyl groups is 1. The third-order valence-corrected chi connectivity index (χ3v) is 4.17. The molecule has 3 atom stereocenters. The molecule has 0 saturated carbocycles. The van der Waals surface area contributed by atoms with Crippen LogP contribution in [0.1, 0.15) is 44.9 Å². The van der Waals surface area contributed by atoms with Gasteiger partial charge in [-0.05, 0) is 38.0 Å². The first-order chi connectivity index (χ1) is 10.7. The highest BCUT2D eigenvalue weighted by Crippen LogP contribution is 2.40. The molecule has 6 nitrogen and oxygen atoms in total. The minimum absolute atomic E-state index is 0.159. The molecule has 0 aromatic heterocycles. The summed E-state index contributed by atoms with van der Waals surface area (Å²) in [4.78, 5) is 11.5. The number of benzene rings is 1. The van der Waals surface area contributed by atoms with Crippen LogP contribution in [0.4, 0.5) is 0 Å². The smallest absolute Gasteiger partial charge is 0.320 e.